The standard InChI is InChI=1S/C13H14N2O3/c1-7-9-3-2-8(15)6-11(9)18-13(17)12(7)10(16)4-5-14/h2-3,6H,4-5,14-15H2,1H3. The summed E-state index contributed by atoms with van der Waals surface area (Å²) < 4.78 is 5.12. The maximum atomic E-state index is 11.8. The summed E-state index contributed by atoms with van der Waals surface area (Å²) in [6.07, 6.45) is 0.131. The number of nitrogens with two attached hydrogens (primary N) is 2. The molecule has 4 N–H and O–H groups in total. The van der Waals surface area contributed by atoms with E-state index in [-0.39, 0.29) is 24.3 Å². The molecule has 0 spiro atoms. The number of nitrogen functional groups attached to an aromatic ring is 1. The number of ketones is 1. The summed E-state index contributed by atoms with van der Waals surface area (Å²) in [5, 5.41) is 0.712. The number of anilines is 1. The second kappa shape index (κ2) is 4.62. The van der Waals surface area contributed by atoms with Crippen LogP contribution in [0.3, 0.4) is 0 Å². The van der Waals surface area contributed by atoms with E-state index in [1.807, 2.05) is 0 Å². The fourth-order valence-corrected chi connectivity index (χ4v) is 1.95. The van der Waals surface area contributed by atoms with Crippen molar-refractivity contribution in [2.75, 3.05) is 12.3 Å². The van der Waals surface area contributed by atoms with Crippen LogP contribution in [0.15, 0.2) is 27.4 Å². The number of aryl methyl sites for hydroxylation is 1. The van der Waals surface area contributed by atoms with Crippen LogP contribution in [0.2, 0.25) is 0 Å². The molecule has 1 aromatic heterocycles. The number of carbonyl (C=O) groups excluding carboxylic acids is 1. The fourth-order valence-electron chi connectivity index (χ4n) is 1.95. The van der Waals surface area contributed by atoms with Crippen LogP contribution in [0.4, 0.5) is 5.69 Å². The molecule has 5 nitrogen and oxygen atoms in total. The Kier molecular flexibility index (Phi) is 3.16. The second-order valence-electron chi connectivity index (χ2n) is 4.11. The molecule has 0 fully saturated rings. The second-order valence-corrected chi connectivity index (χ2v) is 4.11. The number of Topliss-reactive ketones (excluding diaryl/α,β-unsaturated/α-hetero) is 1. The molecular formula is C13H14N2O3. The summed E-state index contributed by atoms with van der Waals surface area (Å²) in [7, 11) is 0. The van der Waals surface area contributed by atoms with Crippen molar-refractivity contribution in [3.63, 3.8) is 0 Å². The Hall–Kier alpha value is -2.14. The molecule has 94 valence electrons. The van der Waals surface area contributed by atoms with Crippen LogP contribution in [0.25, 0.3) is 11.0 Å². The van der Waals surface area contributed by atoms with Gasteiger partial charge < -0.3 is 15.9 Å². The molecule has 0 aliphatic rings. The lowest BCUT2D eigenvalue weighted by molar-refractivity contribution is 0.0981. The Morgan fingerprint density at radius 2 is 2.11 bits per heavy atom. The maximum Gasteiger partial charge on any atom is 0.347 e. The maximum absolute atomic E-state index is 11.8. The molecule has 1 aromatic carbocycles. The van der Waals surface area contributed by atoms with Gasteiger partial charge in [-0.25, -0.2) is 4.79 Å². The molecule has 0 unspecified atom stereocenters. The Morgan fingerprint density at radius 3 is 2.78 bits per heavy atom. The molecule has 0 aliphatic heterocycles. The van der Waals surface area contributed by atoms with Crippen molar-refractivity contribution in [2.45, 2.75) is 13.3 Å². The number of carbonyl (C=O) groups is 1. The van der Waals surface area contributed by atoms with Crippen LogP contribution in [-0.2, 0) is 0 Å². The van der Waals surface area contributed by atoms with Crippen molar-refractivity contribution >= 4 is 22.4 Å². The van der Waals surface area contributed by atoms with Crippen molar-refractivity contribution < 1.29 is 9.21 Å². The monoisotopic (exact) mass is 246 g/mol. The fraction of sp³-hybridized carbons (Fsp3) is 0.231. The van der Waals surface area contributed by atoms with Gasteiger partial charge in [0.15, 0.2) is 5.78 Å². The first-order valence-electron chi connectivity index (χ1n) is 5.61. The van der Waals surface area contributed by atoms with Gasteiger partial charge in [0, 0.05) is 23.6 Å². The van der Waals surface area contributed by atoms with Gasteiger partial charge in [0.05, 0.1) is 0 Å². The molecular weight excluding hydrogens is 232 g/mol. The van der Waals surface area contributed by atoms with E-state index < -0.39 is 5.63 Å². The third kappa shape index (κ3) is 2.00. The van der Waals surface area contributed by atoms with Gasteiger partial charge in [-0.15, -0.1) is 0 Å². The van der Waals surface area contributed by atoms with Gasteiger partial charge >= 0.3 is 5.63 Å². The van der Waals surface area contributed by atoms with Gasteiger partial charge in [-0.05, 0) is 31.2 Å². The molecule has 18 heavy (non-hydrogen) atoms. The van der Waals surface area contributed by atoms with Crippen molar-refractivity contribution in [3.05, 3.63) is 39.7 Å². The molecule has 0 aliphatic carbocycles. The largest absolute Gasteiger partial charge is 0.422 e. The summed E-state index contributed by atoms with van der Waals surface area (Å²) >= 11 is 0. The highest BCUT2D eigenvalue weighted by Crippen LogP contribution is 2.22. The minimum Gasteiger partial charge on any atom is -0.422 e. The van der Waals surface area contributed by atoms with Crippen LogP contribution in [-0.4, -0.2) is 12.3 Å². The van der Waals surface area contributed by atoms with E-state index in [1.165, 1.54) is 0 Å². The predicted molar refractivity (Wildman–Crippen MR) is 69.6 cm³/mol. The van der Waals surface area contributed by atoms with Crippen LogP contribution in [0, 0.1) is 6.92 Å². The van der Waals surface area contributed by atoms with E-state index >= 15 is 0 Å². The highest BCUT2D eigenvalue weighted by atomic mass is 16.4. The van der Waals surface area contributed by atoms with E-state index in [2.05, 4.69) is 0 Å². The van der Waals surface area contributed by atoms with E-state index in [0.717, 1.165) is 0 Å². The summed E-state index contributed by atoms with van der Waals surface area (Å²) in [6, 6.07) is 5.01. The molecule has 2 rings (SSSR count). The third-order valence-electron chi connectivity index (χ3n) is 2.84. The third-order valence-corrected chi connectivity index (χ3v) is 2.84. The minimum atomic E-state index is -0.635. The molecule has 0 bridgehead atoms. The summed E-state index contributed by atoms with van der Waals surface area (Å²) in [5.41, 5.74) is 11.9. The molecule has 5 heteroatoms. The van der Waals surface area contributed by atoms with E-state index in [0.29, 0.717) is 22.2 Å². The smallest absolute Gasteiger partial charge is 0.347 e. The zero-order valence-corrected chi connectivity index (χ0v) is 10.0. The number of hydrogen-bond donors (Lipinski definition) is 2. The van der Waals surface area contributed by atoms with Gasteiger partial charge in [-0.2, -0.15) is 0 Å². The predicted octanol–water partition coefficient (Wildman–Crippen LogP) is 1.22. The lowest BCUT2D eigenvalue weighted by Gasteiger charge is -2.06. The topological polar surface area (TPSA) is 99.3 Å². The van der Waals surface area contributed by atoms with E-state index in [4.69, 9.17) is 15.9 Å². The van der Waals surface area contributed by atoms with E-state index in [1.54, 1.807) is 25.1 Å². The molecule has 0 saturated heterocycles. The van der Waals surface area contributed by atoms with Gasteiger partial charge in [0.1, 0.15) is 11.1 Å². The zero-order chi connectivity index (χ0) is 13.3. The van der Waals surface area contributed by atoms with Crippen molar-refractivity contribution in [1.82, 2.24) is 0 Å². The summed E-state index contributed by atoms with van der Waals surface area (Å²) in [6.45, 7) is 1.93. The normalized spacial score (nSPS) is 10.8. The Bertz CT molecular complexity index is 674. The number of benzene rings is 1. The first-order valence-corrected chi connectivity index (χ1v) is 5.61. The molecule has 0 saturated carbocycles. The highest BCUT2D eigenvalue weighted by Gasteiger charge is 2.17. The van der Waals surface area contributed by atoms with Crippen LogP contribution >= 0.6 is 0 Å². The van der Waals surface area contributed by atoms with Gasteiger partial charge in [0.25, 0.3) is 0 Å². The van der Waals surface area contributed by atoms with Crippen LogP contribution in [0.1, 0.15) is 22.3 Å². The van der Waals surface area contributed by atoms with Gasteiger partial charge in [0.2, 0.25) is 0 Å². The van der Waals surface area contributed by atoms with Crippen molar-refractivity contribution in [2.24, 2.45) is 5.73 Å². The van der Waals surface area contributed by atoms with E-state index in [9.17, 15) is 9.59 Å². The van der Waals surface area contributed by atoms with Gasteiger partial charge in [-0.1, -0.05) is 0 Å². The Labute approximate surface area is 103 Å². The first-order chi connectivity index (χ1) is 8.54. The van der Waals surface area contributed by atoms with Crippen LogP contribution in [0.5, 0.6) is 0 Å². The number of fused-ring (bicyclic) bond motifs is 1. The Morgan fingerprint density at radius 1 is 1.39 bits per heavy atom. The van der Waals surface area contributed by atoms with Crippen molar-refractivity contribution in [3.8, 4) is 0 Å². The summed E-state index contributed by atoms with van der Waals surface area (Å²) in [5.74, 6) is -0.289. The zero-order valence-electron chi connectivity index (χ0n) is 10.0. The van der Waals surface area contributed by atoms with Gasteiger partial charge in [-0.3, -0.25) is 4.79 Å². The SMILES string of the molecule is Cc1c(C(=O)CCN)c(=O)oc2cc(N)ccc12. The average molecular weight is 246 g/mol. The molecule has 1 heterocycles. The highest BCUT2D eigenvalue weighted by molar-refractivity contribution is 6.01. The summed E-state index contributed by atoms with van der Waals surface area (Å²) in [4.78, 5) is 23.6. The van der Waals surface area contributed by atoms with Crippen LogP contribution < -0.4 is 17.1 Å². The lowest BCUT2D eigenvalue weighted by Crippen LogP contribution is -2.19. The molecule has 0 radical (unpaired) electrons. The first kappa shape index (κ1) is 12.3. The number of hydrogen-bond acceptors (Lipinski definition) is 5. The Balaban J connectivity index is 2.73. The van der Waals surface area contributed by atoms with Crippen molar-refractivity contribution in [1.29, 1.82) is 0 Å². The minimum absolute atomic E-state index is 0.0812. The lowest BCUT2D eigenvalue weighted by atomic mass is 10.0. The number of rotatable bonds is 3. The molecule has 0 amide bonds. The average Bonchev–Trinajstić information content (AvgIpc) is 2.28. The quantitative estimate of drug-likeness (QED) is 0.482. The molecule has 0 atom stereocenters. The molecule has 2 aromatic rings.